The summed E-state index contributed by atoms with van der Waals surface area (Å²) in [7, 11) is 0. The summed E-state index contributed by atoms with van der Waals surface area (Å²) in [5.74, 6) is 1.84. The van der Waals surface area contributed by atoms with Crippen LogP contribution in [-0.4, -0.2) is 22.6 Å². The van der Waals surface area contributed by atoms with Crippen LogP contribution in [0.25, 0.3) is 10.7 Å². The van der Waals surface area contributed by atoms with Crippen LogP contribution in [0.15, 0.2) is 29.9 Å². The third-order valence-electron chi connectivity index (χ3n) is 3.01. The summed E-state index contributed by atoms with van der Waals surface area (Å²) in [6.45, 7) is 7.76. The van der Waals surface area contributed by atoms with Crippen LogP contribution in [0.3, 0.4) is 0 Å². The maximum atomic E-state index is 4.45. The molecule has 0 aliphatic rings. The van der Waals surface area contributed by atoms with Gasteiger partial charge in [-0.2, -0.15) is 0 Å². The molecule has 0 saturated heterocycles. The Morgan fingerprint density at radius 3 is 3.00 bits per heavy atom. The lowest BCUT2D eigenvalue weighted by Crippen LogP contribution is -2.20. The number of nitrogens with zero attached hydrogens (tertiary/aromatic N) is 2. The standard InChI is InChI=1S/C15H23N3S/c1-13(2)12-16-7-3-4-9-18-10-8-17-15(18)14-6-5-11-19-14/h5-6,8,10-11,13,16H,3-4,7,9,12H2,1-2H3. The second-order valence-corrected chi connectivity index (χ2v) is 6.17. The van der Waals surface area contributed by atoms with Gasteiger partial charge in [-0.3, -0.25) is 0 Å². The number of hydrogen-bond acceptors (Lipinski definition) is 3. The summed E-state index contributed by atoms with van der Waals surface area (Å²) in [6.07, 6.45) is 6.39. The molecule has 0 aliphatic heterocycles. The highest BCUT2D eigenvalue weighted by atomic mass is 32.1. The monoisotopic (exact) mass is 277 g/mol. The Hall–Kier alpha value is -1.13. The maximum absolute atomic E-state index is 4.45. The molecule has 0 bridgehead atoms. The Bertz CT molecular complexity index is 459. The lowest BCUT2D eigenvalue weighted by Gasteiger charge is -2.08. The van der Waals surface area contributed by atoms with Gasteiger partial charge >= 0.3 is 0 Å². The van der Waals surface area contributed by atoms with Gasteiger partial charge in [0.25, 0.3) is 0 Å². The van der Waals surface area contributed by atoms with E-state index in [4.69, 9.17) is 0 Å². The first-order valence-corrected chi connectivity index (χ1v) is 7.91. The summed E-state index contributed by atoms with van der Waals surface area (Å²) >= 11 is 1.75. The highest BCUT2D eigenvalue weighted by Gasteiger charge is 2.05. The Morgan fingerprint density at radius 1 is 1.37 bits per heavy atom. The third kappa shape index (κ3) is 4.48. The quantitative estimate of drug-likeness (QED) is 0.747. The van der Waals surface area contributed by atoms with Crippen LogP contribution in [0.2, 0.25) is 0 Å². The SMILES string of the molecule is CC(C)CNCCCCn1ccnc1-c1cccs1. The first-order chi connectivity index (χ1) is 9.27. The molecule has 0 amide bonds. The number of hydrogen-bond donors (Lipinski definition) is 1. The Balaban J connectivity index is 1.74. The van der Waals surface area contributed by atoms with Gasteiger partial charge in [0.05, 0.1) is 4.88 Å². The zero-order chi connectivity index (χ0) is 13.5. The molecule has 2 rings (SSSR count). The normalized spacial score (nSPS) is 11.3. The minimum atomic E-state index is 0.735. The fourth-order valence-corrected chi connectivity index (χ4v) is 2.78. The molecule has 2 aromatic rings. The summed E-state index contributed by atoms with van der Waals surface area (Å²) in [5.41, 5.74) is 0. The van der Waals surface area contributed by atoms with Gasteiger partial charge in [-0.1, -0.05) is 19.9 Å². The van der Waals surface area contributed by atoms with Crippen LogP contribution in [-0.2, 0) is 6.54 Å². The highest BCUT2D eigenvalue weighted by Crippen LogP contribution is 2.22. The molecule has 0 aromatic carbocycles. The molecule has 19 heavy (non-hydrogen) atoms. The van der Waals surface area contributed by atoms with Gasteiger partial charge in [-0.15, -0.1) is 11.3 Å². The van der Waals surface area contributed by atoms with E-state index in [1.807, 2.05) is 6.20 Å². The van der Waals surface area contributed by atoms with Crippen molar-refractivity contribution in [1.29, 1.82) is 0 Å². The first kappa shape index (κ1) is 14.3. The van der Waals surface area contributed by atoms with Crippen molar-refractivity contribution in [3.63, 3.8) is 0 Å². The Kier molecular flexibility index (Phi) is 5.61. The van der Waals surface area contributed by atoms with Gasteiger partial charge in [0.2, 0.25) is 0 Å². The van der Waals surface area contributed by atoms with Crippen molar-refractivity contribution in [1.82, 2.24) is 14.9 Å². The van der Waals surface area contributed by atoms with Gasteiger partial charge < -0.3 is 9.88 Å². The Morgan fingerprint density at radius 2 is 2.26 bits per heavy atom. The fourth-order valence-electron chi connectivity index (χ4n) is 2.04. The van der Waals surface area contributed by atoms with E-state index in [0.717, 1.165) is 31.4 Å². The summed E-state index contributed by atoms with van der Waals surface area (Å²) in [6, 6.07) is 4.21. The molecular formula is C15H23N3S. The van der Waals surface area contributed by atoms with Crippen molar-refractivity contribution in [3.8, 4) is 10.7 Å². The summed E-state index contributed by atoms with van der Waals surface area (Å²) < 4.78 is 2.26. The smallest absolute Gasteiger partial charge is 0.149 e. The lowest BCUT2D eigenvalue weighted by molar-refractivity contribution is 0.520. The summed E-state index contributed by atoms with van der Waals surface area (Å²) in [4.78, 5) is 5.71. The molecule has 0 atom stereocenters. The van der Waals surface area contributed by atoms with Crippen LogP contribution >= 0.6 is 11.3 Å². The average molecular weight is 277 g/mol. The second kappa shape index (κ2) is 7.46. The minimum absolute atomic E-state index is 0.735. The van der Waals surface area contributed by atoms with E-state index in [1.54, 1.807) is 11.3 Å². The largest absolute Gasteiger partial charge is 0.330 e. The molecule has 0 unspecified atom stereocenters. The van der Waals surface area contributed by atoms with Crippen LogP contribution < -0.4 is 5.32 Å². The van der Waals surface area contributed by atoms with E-state index < -0.39 is 0 Å². The highest BCUT2D eigenvalue weighted by molar-refractivity contribution is 7.13. The molecule has 3 nitrogen and oxygen atoms in total. The van der Waals surface area contributed by atoms with Gasteiger partial charge in [-0.25, -0.2) is 4.98 Å². The first-order valence-electron chi connectivity index (χ1n) is 7.03. The van der Waals surface area contributed by atoms with Crippen molar-refractivity contribution in [2.75, 3.05) is 13.1 Å². The molecule has 0 spiro atoms. The number of aromatic nitrogens is 2. The van der Waals surface area contributed by atoms with Crippen molar-refractivity contribution in [2.45, 2.75) is 33.2 Å². The van der Waals surface area contributed by atoms with Gasteiger partial charge in [-0.05, 0) is 43.3 Å². The molecule has 0 saturated carbocycles. The Labute approximate surface area is 119 Å². The van der Waals surface area contributed by atoms with Crippen molar-refractivity contribution in [2.24, 2.45) is 5.92 Å². The molecule has 4 heteroatoms. The predicted octanol–water partition coefficient (Wildman–Crippen LogP) is 3.64. The molecule has 1 N–H and O–H groups in total. The number of unbranched alkanes of at least 4 members (excludes halogenated alkanes) is 1. The molecule has 2 aromatic heterocycles. The molecule has 0 fully saturated rings. The van der Waals surface area contributed by atoms with Crippen LogP contribution in [0.4, 0.5) is 0 Å². The van der Waals surface area contributed by atoms with Crippen LogP contribution in [0, 0.1) is 5.92 Å². The zero-order valence-electron chi connectivity index (χ0n) is 11.8. The molecule has 0 radical (unpaired) electrons. The molecule has 104 valence electrons. The average Bonchev–Trinajstić information content (AvgIpc) is 3.03. The zero-order valence-corrected chi connectivity index (χ0v) is 12.6. The van der Waals surface area contributed by atoms with E-state index >= 15 is 0 Å². The van der Waals surface area contributed by atoms with Gasteiger partial charge in [0.15, 0.2) is 0 Å². The van der Waals surface area contributed by atoms with E-state index in [0.29, 0.717) is 0 Å². The number of nitrogens with one attached hydrogen (secondary N) is 1. The molecular weight excluding hydrogens is 254 g/mol. The second-order valence-electron chi connectivity index (χ2n) is 5.23. The fraction of sp³-hybridized carbons (Fsp3) is 0.533. The van der Waals surface area contributed by atoms with E-state index in [-0.39, 0.29) is 0 Å². The van der Waals surface area contributed by atoms with Crippen LogP contribution in [0.1, 0.15) is 26.7 Å². The lowest BCUT2D eigenvalue weighted by atomic mass is 10.2. The number of imidazole rings is 1. The van der Waals surface area contributed by atoms with E-state index in [1.165, 1.54) is 17.7 Å². The van der Waals surface area contributed by atoms with E-state index in [2.05, 4.69) is 52.4 Å². The van der Waals surface area contributed by atoms with E-state index in [9.17, 15) is 0 Å². The maximum Gasteiger partial charge on any atom is 0.149 e. The van der Waals surface area contributed by atoms with Crippen molar-refractivity contribution < 1.29 is 0 Å². The topological polar surface area (TPSA) is 29.9 Å². The minimum Gasteiger partial charge on any atom is -0.330 e. The van der Waals surface area contributed by atoms with Crippen molar-refractivity contribution in [3.05, 3.63) is 29.9 Å². The van der Waals surface area contributed by atoms with Crippen LogP contribution in [0.5, 0.6) is 0 Å². The third-order valence-corrected chi connectivity index (χ3v) is 3.88. The number of rotatable bonds is 8. The van der Waals surface area contributed by atoms with Gasteiger partial charge in [0.1, 0.15) is 5.82 Å². The molecule has 2 heterocycles. The number of aryl methyl sites for hydroxylation is 1. The van der Waals surface area contributed by atoms with Crippen molar-refractivity contribution >= 4 is 11.3 Å². The predicted molar refractivity (Wildman–Crippen MR) is 82.5 cm³/mol. The van der Waals surface area contributed by atoms with Gasteiger partial charge in [0, 0.05) is 18.9 Å². The number of thiophene rings is 1. The summed E-state index contributed by atoms with van der Waals surface area (Å²) in [5, 5.41) is 5.59. The molecule has 0 aliphatic carbocycles.